The number of para-hydroxylation sites is 2. The Morgan fingerprint density at radius 2 is 0.981 bits per heavy atom. The van der Waals surface area contributed by atoms with E-state index in [2.05, 4.69) is 162 Å². The van der Waals surface area contributed by atoms with Gasteiger partial charge in [-0.3, -0.25) is 4.98 Å². The summed E-state index contributed by atoms with van der Waals surface area (Å²) in [7, 11) is 0. The third kappa shape index (κ3) is 6.09. The van der Waals surface area contributed by atoms with Gasteiger partial charge in [0, 0.05) is 45.6 Å². The van der Waals surface area contributed by atoms with E-state index in [9.17, 15) is 0 Å². The molecule has 0 radical (unpaired) electrons. The van der Waals surface area contributed by atoms with Crippen LogP contribution < -0.4 is 5.32 Å². The molecule has 6 aromatic carbocycles. The van der Waals surface area contributed by atoms with Gasteiger partial charge >= 0.3 is 0 Å². The van der Waals surface area contributed by atoms with E-state index >= 15 is 0 Å². The van der Waals surface area contributed by atoms with Crippen LogP contribution in [0.15, 0.2) is 182 Å². The highest BCUT2D eigenvalue weighted by Crippen LogP contribution is 2.35. The van der Waals surface area contributed by atoms with Gasteiger partial charge in [0.1, 0.15) is 0 Å². The Labute approximate surface area is 302 Å². The highest BCUT2D eigenvalue weighted by Gasteiger charge is 2.15. The summed E-state index contributed by atoms with van der Waals surface area (Å²) in [6.07, 6.45) is 9.66. The number of nitrogens with one attached hydrogen (secondary N) is 1. The number of hydrogen-bond donors (Lipinski definition) is 1. The van der Waals surface area contributed by atoms with Gasteiger partial charge in [-0.25, -0.2) is 15.0 Å². The zero-order valence-electron chi connectivity index (χ0n) is 28.1. The maximum Gasteiger partial charge on any atom is 0.164 e. The number of rotatable bonds is 6. The van der Waals surface area contributed by atoms with Gasteiger partial charge < -0.3 is 5.32 Å². The van der Waals surface area contributed by atoms with E-state index < -0.39 is 0 Å². The van der Waals surface area contributed by atoms with Crippen LogP contribution in [0.25, 0.3) is 84.5 Å². The quantitative estimate of drug-likeness (QED) is 0.179. The molecule has 1 aliphatic rings. The number of pyridine rings is 1. The first-order chi connectivity index (χ1) is 25.8. The Bertz CT molecular complexity index is 2650. The molecule has 0 bridgehead atoms. The van der Waals surface area contributed by atoms with Crippen molar-refractivity contribution in [3.8, 4) is 67.5 Å². The van der Waals surface area contributed by atoms with Crippen molar-refractivity contribution in [2.24, 2.45) is 0 Å². The SMILES string of the molecule is C1=CC=Cc2cccc(-c3ccc(-c4nc(-c5ccc(-c6ccccc6)cc5)nc(-c5ccc(-c6cccc7cccnc67)cc5)n4)cc3)c2NC=1. The fourth-order valence-electron chi connectivity index (χ4n) is 6.62. The van der Waals surface area contributed by atoms with Crippen molar-refractivity contribution in [3.63, 3.8) is 0 Å². The molecular formula is C47H31N5. The lowest BCUT2D eigenvalue weighted by molar-refractivity contribution is 1.07. The van der Waals surface area contributed by atoms with Gasteiger partial charge in [-0.15, -0.1) is 5.73 Å². The number of benzene rings is 6. The Morgan fingerprint density at radius 3 is 1.65 bits per heavy atom. The van der Waals surface area contributed by atoms with Gasteiger partial charge in [-0.05, 0) is 40.0 Å². The normalized spacial score (nSPS) is 11.8. The van der Waals surface area contributed by atoms with Crippen molar-refractivity contribution in [3.05, 3.63) is 188 Å². The molecule has 0 fully saturated rings. The zero-order valence-corrected chi connectivity index (χ0v) is 28.1. The molecule has 0 saturated heterocycles. The summed E-state index contributed by atoms with van der Waals surface area (Å²) in [5.41, 5.74) is 15.7. The Kier molecular flexibility index (Phi) is 8.06. The molecular weight excluding hydrogens is 635 g/mol. The summed E-state index contributed by atoms with van der Waals surface area (Å²) >= 11 is 0. The van der Waals surface area contributed by atoms with Crippen molar-refractivity contribution < 1.29 is 0 Å². The Hall–Kier alpha value is -7.20. The maximum absolute atomic E-state index is 5.04. The average molecular weight is 666 g/mol. The van der Waals surface area contributed by atoms with Crippen LogP contribution in [-0.2, 0) is 0 Å². The van der Waals surface area contributed by atoms with Crippen LogP contribution in [0.3, 0.4) is 0 Å². The van der Waals surface area contributed by atoms with Gasteiger partial charge in [0.15, 0.2) is 17.5 Å². The summed E-state index contributed by atoms with van der Waals surface area (Å²) in [6, 6.07) is 52.2. The van der Waals surface area contributed by atoms with Crippen LogP contribution in [0, 0.1) is 0 Å². The number of allylic oxidation sites excluding steroid dienone is 2. The standard InChI is InChI=1S/C47H31N5/c1-3-10-32(11-4-1)33-18-24-38(25-19-33)45-50-46(39-26-20-34(21-27-39)41-16-7-13-36-12-5-2-6-30-48-43(36)41)52-47(51-45)40-28-22-35(23-29-40)42-17-8-14-37-15-9-31-49-44(37)42/h1-5,7-31,48H. The molecule has 0 unspecified atom stereocenters. The summed E-state index contributed by atoms with van der Waals surface area (Å²) < 4.78 is 0. The second-order valence-corrected chi connectivity index (χ2v) is 12.5. The van der Waals surface area contributed by atoms with E-state index in [1.807, 2.05) is 36.7 Å². The zero-order chi connectivity index (χ0) is 34.7. The van der Waals surface area contributed by atoms with E-state index in [1.54, 1.807) is 0 Å². The first-order valence-electron chi connectivity index (χ1n) is 17.2. The van der Waals surface area contributed by atoms with Gasteiger partial charge in [-0.2, -0.15) is 0 Å². The lowest BCUT2D eigenvalue weighted by atomic mass is 9.98. The molecule has 244 valence electrons. The van der Waals surface area contributed by atoms with Crippen molar-refractivity contribution in [2.75, 3.05) is 5.32 Å². The minimum absolute atomic E-state index is 0.610. The molecule has 0 amide bonds. The average Bonchev–Trinajstić information content (AvgIpc) is 3.21. The van der Waals surface area contributed by atoms with E-state index in [-0.39, 0.29) is 0 Å². The van der Waals surface area contributed by atoms with Crippen molar-refractivity contribution in [1.82, 2.24) is 19.9 Å². The first-order valence-corrected chi connectivity index (χ1v) is 17.2. The lowest BCUT2D eigenvalue weighted by Crippen LogP contribution is -2.00. The fourth-order valence-corrected chi connectivity index (χ4v) is 6.62. The minimum Gasteiger partial charge on any atom is -0.354 e. The summed E-state index contributed by atoms with van der Waals surface area (Å²) in [5.74, 6) is 1.84. The molecule has 3 heterocycles. The van der Waals surface area contributed by atoms with Gasteiger partial charge in [0.2, 0.25) is 0 Å². The summed E-state index contributed by atoms with van der Waals surface area (Å²) in [4.78, 5) is 19.8. The third-order valence-electron chi connectivity index (χ3n) is 9.29. The molecule has 9 rings (SSSR count). The van der Waals surface area contributed by atoms with Crippen LogP contribution >= 0.6 is 0 Å². The molecule has 1 aliphatic heterocycles. The molecule has 52 heavy (non-hydrogen) atoms. The predicted octanol–water partition coefficient (Wildman–Crippen LogP) is 11.5. The van der Waals surface area contributed by atoms with Crippen LogP contribution in [0.2, 0.25) is 0 Å². The lowest BCUT2D eigenvalue weighted by Gasteiger charge is -2.14. The predicted molar refractivity (Wildman–Crippen MR) is 213 cm³/mol. The number of hydrogen-bond acceptors (Lipinski definition) is 5. The van der Waals surface area contributed by atoms with Gasteiger partial charge in [0.25, 0.3) is 0 Å². The van der Waals surface area contributed by atoms with Crippen LogP contribution in [0.4, 0.5) is 5.69 Å². The maximum atomic E-state index is 5.04. The second-order valence-electron chi connectivity index (χ2n) is 12.5. The van der Waals surface area contributed by atoms with Crippen molar-refractivity contribution in [2.45, 2.75) is 0 Å². The number of aromatic nitrogens is 4. The first kappa shape index (κ1) is 30.8. The minimum atomic E-state index is 0.610. The Balaban J connectivity index is 1.11. The molecule has 1 N–H and O–H groups in total. The molecule has 5 heteroatoms. The van der Waals surface area contributed by atoms with Crippen LogP contribution in [0.5, 0.6) is 0 Å². The molecule has 0 aliphatic carbocycles. The van der Waals surface area contributed by atoms with Gasteiger partial charge in [0.05, 0.1) is 11.2 Å². The third-order valence-corrected chi connectivity index (χ3v) is 9.29. The number of anilines is 1. The molecule has 0 saturated carbocycles. The van der Waals surface area contributed by atoms with Crippen molar-refractivity contribution >= 4 is 22.7 Å². The second kappa shape index (κ2) is 13.6. The van der Waals surface area contributed by atoms with Crippen molar-refractivity contribution in [1.29, 1.82) is 0 Å². The monoisotopic (exact) mass is 665 g/mol. The molecule has 2 aromatic heterocycles. The summed E-state index contributed by atoms with van der Waals surface area (Å²) in [5, 5.41) is 4.52. The van der Waals surface area contributed by atoms with Crippen LogP contribution in [-0.4, -0.2) is 19.9 Å². The molecule has 0 spiro atoms. The van der Waals surface area contributed by atoms with E-state index in [0.717, 1.165) is 72.2 Å². The number of fused-ring (bicyclic) bond motifs is 2. The smallest absolute Gasteiger partial charge is 0.164 e. The number of nitrogens with zero attached hydrogens (tertiary/aromatic N) is 4. The van der Waals surface area contributed by atoms with E-state index in [4.69, 9.17) is 15.0 Å². The molecule has 5 nitrogen and oxygen atoms in total. The molecule has 8 aromatic rings. The fraction of sp³-hybridized carbons (Fsp3) is 0. The van der Waals surface area contributed by atoms with E-state index in [1.165, 1.54) is 0 Å². The summed E-state index contributed by atoms with van der Waals surface area (Å²) in [6.45, 7) is 0. The van der Waals surface area contributed by atoms with E-state index in [0.29, 0.717) is 17.5 Å². The van der Waals surface area contributed by atoms with Crippen LogP contribution in [0.1, 0.15) is 5.56 Å². The highest BCUT2D eigenvalue weighted by atomic mass is 15.0. The molecule has 0 atom stereocenters. The largest absolute Gasteiger partial charge is 0.354 e. The Morgan fingerprint density at radius 1 is 0.442 bits per heavy atom. The highest BCUT2D eigenvalue weighted by molar-refractivity contribution is 5.93. The topological polar surface area (TPSA) is 63.6 Å². The van der Waals surface area contributed by atoms with Gasteiger partial charge in [-0.1, -0.05) is 158 Å².